The second-order valence-electron chi connectivity index (χ2n) is 4.84. The third-order valence-corrected chi connectivity index (χ3v) is 3.32. The smallest absolute Gasteiger partial charge is 0.314 e. The summed E-state index contributed by atoms with van der Waals surface area (Å²) < 4.78 is 0. The van der Waals surface area contributed by atoms with Gasteiger partial charge >= 0.3 is 6.03 Å². The lowest BCUT2D eigenvalue weighted by atomic mass is 10.1. The maximum atomic E-state index is 12.1. The van der Waals surface area contributed by atoms with Crippen LogP contribution in [0.25, 0.3) is 0 Å². The summed E-state index contributed by atoms with van der Waals surface area (Å²) in [5, 5.41) is 5.35. The number of imide groups is 1. The molecule has 0 aromatic heterocycles. The van der Waals surface area contributed by atoms with Gasteiger partial charge in [0.1, 0.15) is 0 Å². The Bertz CT molecular complexity index is 522. The summed E-state index contributed by atoms with van der Waals surface area (Å²) in [6.45, 7) is 3.08. The van der Waals surface area contributed by atoms with E-state index in [1.807, 2.05) is 6.92 Å². The van der Waals surface area contributed by atoms with Crippen molar-refractivity contribution in [3.05, 3.63) is 35.4 Å². The molecular weight excluding hydrogens is 270 g/mol. The second kappa shape index (κ2) is 6.88. The number of hydrogen-bond donors (Lipinski definition) is 2. The van der Waals surface area contributed by atoms with E-state index in [2.05, 4.69) is 10.6 Å². The first-order chi connectivity index (χ1) is 10.1. The lowest BCUT2D eigenvalue weighted by molar-refractivity contribution is 0.0656. The summed E-state index contributed by atoms with van der Waals surface area (Å²) in [5.41, 5.74) is 0.852. The van der Waals surface area contributed by atoms with E-state index in [0.29, 0.717) is 17.7 Å². The van der Waals surface area contributed by atoms with E-state index in [-0.39, 0.29) is 30.9 Å². The Balaban J connectivity index is 1.81. The number of nitrogens with zero attached hydrogens (tertiary/aromatic N) is 1. The van der Waals surface area contributed by atoms with E-state index in [1.54, 1.807) is 24.3 Å². The van der Waals surface area contributed by atoms with Crippen molar-refractivity contribution in [1.29, 1.82) is 0 Å². The number of carbonyl (C=O) groups excluding carboxylic acids is 3. The summed E-state index contributed by atoms with van der Waals surface area (Å²) in [7, 11) is 0. The molecule has 1 aromatic rings. The van der Waals surface area contributed by atoms with Crippen molar-refractivity contribution >= 4 is 17.8 Å². The Morgan fingerprint density at radius 2 is 1.62 bits per heavy atom. The highest BCUT2D eigenvalue weighted by Crippen LogP contribution is 2.21. The van der Waals surface area contributed by atoms with Crippen LogP contribution in [0.4, 0.5) is 4.79 Å². The molecule has 0 spiro atoms. The minimum Gasteiger partial charge on any atom is -0.338 e. The van der Waals surface area contributed by atoms with Crippen LogP contribution in [0.2, 0.25) is 0 Å². The predicted octanol–water partition coefficient (Wildman–Crippen LogP) is 1.38. The van der Waals surface area contributed by atoms with E-state index in [9.17, 15) is 14.4 Å². The Kier molecular flexibility index (Phi) is 4.92. The van der Waals surface area contributed by atoms with Gasteiger partial charge in [0.15, 0.2) is 0 Å². The highest BCUT2D eigenvalue weighted by Gasteiger charge is 2.34. The molecule has 6 nitrogen and oxygen atoms in total. The van der Waals surface area contributed by atoms with Crippen LogP contribution in [-0.4, -0.2) is 42.4 Å². The van der Waals surface area contributed by atoms with Gasteiger partial charge in [-0.15, -0.1) is 0 Å². The van der Waals surface area contributed by atoms with Crippen LogP contribution in [0, 0.1) is 0 Å². The van der Waals surface area contributed by atoms with Gasteiger partial charge in [-0.1, -0.05) is 25.5 Å². The van der Waals surface area contributed by atoms with Crippen molar-refractivity contribution in [2.75, 3.05) is 19.6 Å². The lowest BCUT2D eigenvalue weighted by Gasteiger charge is -2.14. The maximum absolute atomic E-state index is 12.1. The van der Waals surface area contributed by atoms with Crippen molar-refractivity contribution in [2.24, 2.45) is 0 Å². The molecule has 0 fully saturated rings. The molecule has 2 N–H and O–H groups in total. The van der Waals surface area contributed by atoms with Crippen LogP contribution in [0.1, 0.15) is 40.5 Å². The van der Waals surface area contributed by atoms with Gasteiger partial charge in [0.05, 0.1) is 11.1 Å². The van der Waals surface area contributed by atoms with Crippen LogP contribution < -0.4 is 10.6 Å². The topological polar surface area (TPSA) is 78.5 Å². The van der Waals surface area contributed by atoms with E-state index in [1.165, 1.54) is 0 Å². The van der Waals surface area contributed by atoms with Crippen LogP contribution in [0.3, 0.4) is 0 Å². The molecule has 4 amide bonds. The number of fused-ring (bicyclic) bond motifs is 1. The Hall–Kier alpha value is -2.37. The minimum absolute atomic E-state index is 0.174. The van der Waals surface area contributed by atoms with Crippen molar-refractivity contribution < 1.29 is 14.4 Å². The van der Waals surface area contributed by atoms with E-state index in [0.717, 1.165) is 17.7 Å². The van der Waals surface area contributed by atoms with Gasteiger partial charge in [0.2, 0.25) is 0 Å². The summed E-state index contributed by atoms with van der Waals surface area (Å²) in [6, 6.07) is 6.46. The predicted molar refractivity (Wildman–Crippen MR) is 78.1 cm³/mol. The van der Waals surface area contributed by atoms with Crippen molar-refractivity contribution in [2.45, 2.75) is 19.8 Å². The van der Waals surface area contributed by atoms with Crippen LogP contribution >= 0.6 is 0 Å². The van der Waals surface area contributed by atoms with Crippen LogP contribution in [0.5, 0.6) is 0 Å². The SMILES string of the molecule is CCCCNC(=O)NCCN1C(=O)c2ccccc2C1=O. The fraction of sp³-hybridized carbons (Fsp3) is 0.400. The molecule has 0 saturated carbocycles. The lowest BCUT2D eigenvalue weighted by Crippen LogP contribution is -2.42. The number of nitrogens with one attached hydrogen (secondary N) is 2. The first-order valence-corrected chi connectivity index (χ1v) is 7.12. The third kappa shape index (κ3) is 3.39. The largest absolute Gasteiger partial charge is 0.338 e. The number of urea groups is 1. The molecule has 1 heterocycles. The second-order valence-corrected chi connectivity index (χ2v) is 4.84. The molecule has 0 saturated heterocycles. The van der Waals surface area contributed by atoms with E-state index < -0.39 is 0 Å². The number of carbonyl (C=O) groups is 3. The molecule has 1 aromatic carbocycles. The number of amides is 4. The zero-order valence-corrected chi connectivity index (χ0v) is 12.0. The molecule has 2 rings (SSSR count). The van der Waals surface area contributed by atoms with Gasteiger partial charge in [0.25, 0.3) is 11.8 Å². The number of unbranched alkanes of at least 4 members (excludes halogenated alkanes) is 1. The minimum atomic E-state index is -0.302. The number of benzene rings is 1. The molecule has 112 valence electrons. The van der Waals surface area contributed by atoms with Gasteiger partial charge in [0, 0.05) is 19.6 Å². The highest BCUT2D eigenvalue weighted by atomic mass is 16.2. The molecule has 21 heavy (non-hydrogen) atoms. The molecule has 0 radical (unpaired) electrons. The first-order valence-electron chi connectivity index (χ1n) is 7.12. The molecule has 6 heteroatoms. The molecular formula is C15H19N3O3. The molecule has 0 unspecified atom stereocenters. The molecule has 0 bridgehead atoms. The maximum Gasteiger partial charge on any atom is 0.314 e. The zero-order valence-electron chi connectivity index (χ0n) is 12.0. The average molecular weight is 289 g/mol. The summed E-state index contributed by atoms with van der Waals surface area (Å²) >= 11 is 0. The van der Waals surface area contributed by atoms with Crippen LogP contribution in [-0.2, 0) is 0 Å². The van der Waals surface area contributed by atoms with E-state index in [4.69, 9.17) is 0 Å². The van der Waals surface area contributed by atoms with Gasteiger partial charge in [-0.25, -0.2) is 4.79 Å². The van der Waals surface area contributed by atoms with Gasteiger partial charge in [-0.05, 0) is 18.6 Å². The standard InChI is InChI=1S/C15H19N3O3/c1-2-3-8-16-15(21)17-9-10-18-13(19)11-6-4-5-7-12(11)14(18)20/h4-7H,2-3,8-10H2,1H3,(H2,16,17,21). The third-order valence-electron chi connectivity index (χ3n) is 3.32. The van der Waals surface area contributed by atoms with E-state index >= 15 is 0 Å². The van der Waals surface area contributed by atoms with Gasteiger partial charge < -0.3 is 10.6 Å². The summed E-state index contributed by atoms with van der Waals surface area (Å²) in [4.78, 5) is 36.8. The molecule has 1 aliphatic rings. The zero-order chi connectivity index (χ0) is 15.2. The van der Waals surface area contributed by atoms with Crippen molar-refractivity contribution in [3.8, 4) is 0 Å². The van der Waals surface area contributed by atoms with Gasteiger partial charge in [-0.2, -0.15) is 0 Å². The first kappa shape index (κ1) is 15.0. The highest BCUT2D eigenvalue weighted by molar-refractivity contribution is 6.21. The van der Waals surface area contributed by atoms with Crippen molar-refractivity contribution in [1.82, 2.24) is 15.5 Å². The average Bonchev–Trinajstić information content (AvgIpc) is 2.73. The Morgan fingerprint density at radius 1 is 1.05 bits per heavy atom. The Labute approximate surface area is 123 Å². The normalized spacial score (nSPS) is 13.3. The molecule has 1 aliphatic heterocycles. The molecule has 0 aliphatic carbocycles. The molecule has 0 atom stereocenters. The Morgan fingerprint density at radius 3 is 2.19 bits per heavy atom. The number of hydrogen-bond acceptors (Lipinski definition) is 3. The fourth-order valence-corrected chi connectivity index (χ4v) is 2.16. The van der Waals surface area contributed by atoms with Crippen LogP contribution in [0.15, 0.2) is 24.3 Å². The van der Waals surface area contributed by atoms with Crippen molar-refractivity contribution in [3.63, 3.8) is 0 Å². The monoisotopic (exact) mass is 289 g/mol. The van der Waals surface area contributed by atoms with Gasteiger partial charge in [-0.3, -0.25) is 14.5 Å². The fourth-order valence-electron chi connectivity index (χ4n) is 2.16. The summed E-state index contributed by atoms with van der Waals surface area (Å²) in [6.07, 6.45) is 1.93. The summed E-state index contributed by atoms with van der Waals surface area (Å²) in [5.74, 6) is -0.604. The number of rotatable bonds is 6. The quantitative estimate of drug-likeness (QED) is 0.613.